The molecular weight excluding hydrogens is 264 g/mol. The molecule has 1 aromatic rings. The summed E-state index contributed by atoms with van der Waals surface area (Å²) in [6, 6.07) is 6.88. The minimum absolute atomic E-state index is 0.0826. The fraction of sp³-hybridized carbons (Fsp3) is 0.500. The lowest BCUT2D eigenvalue weighted by Gasteiger charge is -2.28. The predicted molar refractivity (Wildman–Crippen MR) is 75.6 cm³/mol. The quantitative estimate of drug-likeness (QED) is 0.866. The summed E-state index contributed by atoms with van der Waals surface area (Å²) in [6.07, 6.45) is 2.13. The van der Waals surface area contributed by atoms with Crippen molar-refractivity contribution in [2.45, 2.75) is 18.4 Å². The Morgan fingerprint density at radius 1 is 1.47 bits per heavy atom. The lowest BCUT2D eigenvalue weighted by atomic mass is 9.98. The number of halogens is 1. The van der Waals surface area contributed by atoms with Gasteiger partial charge in [0.1, 0.15) is 0 Å². The zero-order valence-corrected chi connectivity index (χ0v) is 11.8. The highest BCUT2D eigenvalue weighted by Gasteiger charge is 2.33. The second-order valence-corrected chi connectivity index (χ2v) is 5.37. The highest BCUT2D eigenvalue weighted by molar-refractivity contribution is 6.30. The monoisotopic (exact) mass is 282 g/mol. The molecule has 1 amide bonds. The van der Waals surface area contributed by atoms with Crippen molar-refractivity contribution < 1.29 is 9.53 Å². The van der Waals surface area contributed by atoms with Gasteiger partial charge in [0, 0.05) is 24.2 Å². The standard InChI is InChI=1S/C14H19ClN2O2/c1-19-10-14(7-2-8-17-14)9-16-13(18)11-3-5-12(15)6-4-11/h3-6,17H,2,7-10H2,1H3,(H,16,18). The van der Waals surface area contributed by atoms with Crippen molar-refractivity contribution >= 4 is 17.5 Å². The van der Waals surface area contributed by atoms with Crippen molar-refractivity contribution in [3.05, 3.63) is 34.9 Å². The van der Waals surface area contributed by atoms with Crippen molar-refractivity contribution in [1.29, 1.82) is 0 Å². The Balaban J connectivity index is 1.93. The van der Waals surface area contributed by atoms with Gasteiger partial charge in [-0.2, -0.15) is 0 Å². The number of carbonyl (C=O) groups excluding carboxylic acids is 1. The smallest absolute Gasteiger partial charge is 0.251 e. The third-order valence-electron chi connectivity index (χ3n) is 3.45. The molecule has 0 bridgehead atoms. The van der Waals surface area contributed by atoms with Gasteiger partial charge in [-0.3, -0.25) is 4.79 Å². The fourth-order valence-corrected chi connectivity index (χ4v) is 2.55. The van der Waals surface area contributed by atoms with E-state index in [4.69, 9.17) is 16.3 Å². The Morgan fingerprint density at radius 3 is 2.79 bits per heavy atom. The number of ether oxygens (including phenoxy) is 1. The number of rotatable bonds is 5. The molecule has 0 saturated carbocycles. The molecule has 0 spiro atoms. The Bertz CT molecular complexity index is 428. The first-order valence-corrected chi connectivity index (χ1v) is 6.81. The number of hydrogen-bond acceptors (Lipinski definition) is 3. The lowest BCUT2D eigenvalue weighted by molar-refractivity contribution is 0.0892. The summed E-state index contributed by atoms with van der Waals surface area (Å²) in [4.78, 5) is 12.0. The molecule has 1 atom stereocenters. The van der Waals surface area contributed by atoms with E-state index >= 15 is 0 Å². The van der Waals surface area contributed by atoms with Gasteiger partial charge >= 0.3 is 0 Å². The van der Waals surface area contributed by atoms with Crippen LogP contribution in [0.5, 0.6) is 0 Å². The predicted octanol–water partition coefficient (Wildman–Crippen LogP) is 1.84. The van der Waals surface area contributed by atoms with Crippen LogP contribution in [-0.4, -0.2) is 38.3 Å². The summed E-state index contributed by atoms with van der Waals surface area (Å²) >= 11 is 5.80. The molecule has 2 N–H and O–H groups in total. The second-order valence-electron chi connectivity index (χ2n) is 4.93. The van der Waals surface area contributed by atoms with Gasteiger partial charge in [0.2, 0.25) is 0 Å². The highest BCUT2D eigenvalue weighted by Crippen LogP contribution is 2.19. The third-order valence-corrected chi connectivity index (χ3v) is 3.70. The summed E-state index contributed by atoms with van der Waals surface area (Å²) in [5.41, 5.74) is 0.492. The number of nitrogens with one attached hydrogen (secondary N) is 2. The number of carbonyl (C=O) groups is 1. The van der Waals surface area contributed by atoms with Gasteiger partial charge in [-0.1, -0.05) is 11.6 Å². The number of hydrogen-bond donors (Lipinski definition) is 2. The van der Waals surface area contributed by atoms with Crippen LogP contribution in [0.3, 0.4) is 0 Å². The molecule has 0 aliphatic carbocycles. The first-order valence-electron chi connectivity index (χ1n) is 6.43. The zero-order valence-electron chi connectivity index (χ0n) is 11.0. The highest BCUT2D eigenvalue weighted by atomic mass is 35.5. The Labute approximate surface area is 118 Å². The third kappa shape index (κ3) is 3.69. The number of benzene rings is 1. The Hall–Kier alpha value is -1.10. The van der Waals surface area contributed by atoms with E-state index in [1.807, 2.05) is 0 Å². The Kier molecular flexibility index (Phi) is 4.80. The van der Waals surface area contributed by atoms with E-state index in [1.165, 1.54) is 0 Å². The van der Waals surface area contributed by atoms with Crippen molar-refractivity contribution in [1.82, 2.24) is 10.6 Å². The first kappa shape index (κ1) is 14.3. The number of methoxy groups -OCH3 is 1. The molecule has 5 heteroatoms. The van der Waals surface area contributed by atoms with Crippen LogP contribution in [0.4, 0.5) is 0 Å². The topological polar surface area (TPSA) is 50.4 Å². The normalized spacial score (nSPS) is 22.4. The van der Waals surface area contributed by atoms with Crippen molar-refractivity contribution in [3.8, 4) is 0 Å². The van der Waals surface area contributed by atoms with Crippen LogP contribution in [0.15, 0.2) is 24.3 Å². The van der Waals surface area contributed by atoms with Gasteiger partial charge in [-0.05, 0) is 43.7 Å². The molecule has 0 aromatic heterocycles. The molecule has 1 aliphatic rings. The molecule has 1 fully saturated rings. The van der Waals surface area contributed by atoms with Crippen LogP contribution in [0, 0.1) is 0 Å². The molecule has 1 aromatic carbocycles. The van der Waals surface area contributed by atoms with Crippen molar-refractivity contribution in [2.75, 3.05) is 26.8 Å². The molecule has 1 unspecified atom stereocenters. The van der Waals surface area contributed by atoms with Crippen LogP contribution in [0.25, 0.3) is 0 Å². The maximum atomic E-state index is 12.0. The van der Waals surface area contributed by atoms with Gasteiger partial charge < -0.3 is 15.4 Å². The molecule has 1 saturated heterocycles. The Morgan fingerprint density at radius 2 is 2.21 bits per heavy atom. The summed E-state index contributed by atoms with van der Waals surface area (Å²) in [6.45, 7) is 2.15. The largest absolute Gasteiger partial charge is 0.383 e. The van der Waals surface area contributed by atoms with E-state index in [9.17, 15) is 4.79 Å². The summed E-state index contributed by atoms with van der Waals surface area (Å²) in [5.74, 6) is -0.0826. The van der Waals surface area contributed by atoms with Crippen LogP contribution in [0.1, 0.15) is 23.2 Å². The van der Waals surface area contributed by atoms with E-state index in [2.05, 4.69) is 10.6 Å². The maximum absolute atomic E-state index is 12.0. The van der Waals surface area contributed by atoms with E-state index in [0.717, 1.165) is 19.4 Å². The van der Waals surface area contributed by atoms with E-state index in [1.54, 1.807) is 31.4 Å². The van der Waals surface area contributed by atoms with Crippen molar-refractivity contribution in [2.24, 2.45) is 0 Å². The number of amides is 1. The molecule has 19 heavy (non-hydrogen) atoms. The van der Waals surface area contributed by atoms with E-state index in [0.29, 0.717) is 23.7 Å². The van der Waals surface area contributed by atoms with Gasteiger partial charge in [0.15, 0.2) is 0 Å². The summed E-state index contributed by atoms with van der Waals surface area (Å²) in [5, 5.41) is 7.02. The lowest BCUT2D eigenvalue weighted by Crippen LogP contribution is -2.52. The molecular formula is C14H19ClN2O2. The van der Waals surface area contributed by atoms with E-state index in [-0.39, 0.29) is 11.4 Å². The molecule has 4 nitrogen and oxygen atoms in total. The van der Waals surface area contributed by atoms with Crippen LogP contribution < -0.4 is 10.6 Å². The summed E-state index contributed by atoms with van der Waals surface area (Å²) in [7, 11) is 1.68. The maximum Gasteiger partial charge on any atom is 0.251 e. The minimum atomic E-state index is -0.128. The van der Waals surface area contributed by atoms with E-state index < -0.39 is 0 Å². The molecule has 1 aliphatic heterocycles. The van der Waals surface area contributed by atoms with Crippen LogP contribution >= 0.6 is 11.6 Å². The van der Waals surface area contributed by atoms with Crippen LogP contribution in [0.2, 0.25) is 5.02 Å². The van der Waals surface area contributed by atoms with Gasteiger partial charge in [0.05, 0.1) is 12.1 Å². The molecule has 104 valence electrons. The van der Waals surface area contributed by atoms with Crippen molar-refractivity contribution in [3.63, 3.8) is 0 Å². The first-order chi connectivity index (χ1) is 9.15. The summed E-state index contributed by atoms with van der Waals surface area (Å²) < 4.78 is 5.25. The second kappa shape index (κ2) is 6.37. The van der Waals surface area contributed by atoms with Gasteiger partial charge in [-0.25, -0.2) is 0 Å². The zero-order chi connectivity index (χ0) is 13.7. The SMILES string of the molecule is COCC1(CNC(=O)c2ccc(Cl)cc2)CCCN1. The fourth-order valence-electron chi connectivity index (χ4n) is 2.42. The molecule has 2 rings (SSSR count). The average molecular weight is 283 g/mol. The van der Waals surface area contributed by atoms with Gasteiger partial charge in [-0.15, -0.1) is 0 Å². The minimum Gasteiger partial charge on any atom is -0.383 e. The molecule has 1 heterocycles. The van der Waals surface area contributed by atoms with Gasteiger partial charge in [0.25, 0.3) is 5.91 Å². The molecule has 0 radical (unpaired) electrons. The van der Waals surface area contributed by atoms with Crippen LogP contribution in [-0.2, 0) is 4.74 Å². The average Bonchev–Trinajstić information content (AvgIpc) is 2.86.